The Kier molecular flexibility index (Phi) is 3.84. The summed E-state index contributed by atoms with van der Waals surface area (Å²) in [5.74, 6) is -0.976. The molecule has 2 heterocycles. The molecule has 1 amide bonds. The van der Waals surface area contributed by atoms with Gasteiger partial charge in [-0.1, -0.05) is 12.7 Å². The number of carbonyl (C=O) groups is 2. The predicted molar refractivity (Wildman–Crippen MR) is 63.7 cm³/mol. The average Bonchev–Trinajstić information content (AvgIpc) is 3.02. The average molecular weight is 266 g/mol. The lowest BCUT2D eigenvalue weighted by atomic mass is 10.1. The maximum Gasteiger partial charge on any atom is 0.410 e. The minimum atomic E-state index is -1.17. The van der Waals surface area contributed by atoms with Gasteiger partial charge in [-0.25, -0.2) is 14.6 Å². The summed E-state index contributed by atoms with van der Waals surface area (Å²) in [6.45, 7) is 4.08. The van der Waals surface area contributed by atoms with Crippen molar-refractivity contribution in [2.45, 2.75) is 18.9 Å². The lowest BCUT2D eigenvalue weighted by Gasteiger charge is -2.22. The van der Waals surface area contributed by atoms with Crippen LogP contribution >= 0.6 is 0 Å². The van der Waals surface area contributed by atoms with Crippen LogP contribution < -0.4 is 0 Å². The molecule has 1 saturated heterocycles. The number of aromatic carboxylic acids is 1. The van der Waals surface area contributed by atoms with E-state index >= 15 is 0 Å². The van der Waals surface area contributed by atoms with E-state index in [0.717, 1.165) is 12.8 Å². The van der Waals surface area contributed by atoms with Gasteiger partial charge in [0.05, 0.1) is 6.04 Å². The van der Waals surface area contributed by atoms with Gasteiger partial charge in [-0.15, -0.1) is 0 Å². The number of likely N-dealkylation sites (tertiary alicyclic amines) is 1. The zero-order valence-corrected chi connectivity index (χ0v) is 10.2. The number of carboxylic acid groups (broad SMARTS) is 1. The highest BCUT2D eigenvalue weighted by atomic mass is 16.6. The lowest BCUT2D eigenvalue weighted by Crippen LogP contribution is -2.31. The summed E-state index contributed by atoms with van der Waals surface area (Å²) in [6, 6.07) is -0.439. The van der Waals surface area contributed by atoms with E-state index in [1.165, 1.54) is 11.0 Å². The second kappa shape index (κ2) is 5.55. The topological polar surface area (TPSA) is 92.9 Å². The van der Waals surface area contributed by atoms with Crippen molar-refractivity contribution in [3.05, 3.63) is 30.5 Å². The molecule has 1 atom stereocenters. The van der Waals surface area contributed by atoms with E-state index in [4.69, 9.17) is 14.3 Å². The Bertz CT molecular complexity index is 496. The van der Waals surface area contributed by atoms with Crippen LogP contribution in [0.15, 0.2) is 23.5 Å². The fourth-order valence-corrected chi connectivity index (χ4v) is 2.12. The first-order chi connectivity index (χ1) is 9.15. The minimum Gasteiger partial charge on any atom is -0.476 e. The van der Waals surface area contributed by atoms with Crippen LogP contribution in [0.5, 0.6) is 0 Å². The van der Waals surface area contributed by atoms with Gasteiger partial charge in [0.1, 0.15) is 6.61 Å². The highest BCUT2D eigenvalue weighted by Gasteiger charge is 2.36. The van der Waals surface area contributed by atoms with E-state index in [-0.39, 0.29) is 18.1 Å². The summed E-state index contributed by atoms with van der Waals surface area (Å²) >= 11 is 0. The Labute approximate surface area is 109 Å². The number of nitrogens with zero attached hydrogens (tertiary/aromatic N) is 2. The van der Waals surface area contributed by atoms with Crippen LogP contribution in [-0.2, 0) is 4.74 Å². The molecule has 7 nitrogen and oxygen atoms in total. The Morgan fingerprint density at radius 1 is 1.68 bits per heavy atom. The number of rotatable bonds is 4. The van der Waals surface area contributed by atoms with E-state index in [2.05, 4.69) is 11.6 Å². The molecule has 102 valence electrons. The number of hydrogen-bond donors (Lipinski definition) is 1. The van der Waals surface area contributed by atoms with Gasteiger partial charge in [-0.2, -0.15) is 0 Å². The molecule has 1 aromatic rings. The first-order valence-electron chi connectivity index (χ1n) is 5.86. The molecule has 0 spiro atoms. The third-order valence-corrected chi connectivity index (χ3v) is 2.91. The molecule has 2 rings (SSSR count). The standard InChI is InChI=1S/C12H14N2O5/c1-2-6-18-12(17)14-5-3-4-8(14)10-9(11(15)16)13-7-19-10/h2,7-8H,1,3-6H2,(H,15,16). The number of oxazole rings is 1. The summed E-state index contributed by atoms with van der Waals surface area (Å²) in [4.78, 5) is 28.0. The fourth-order valence-electron chi connectivity index (χ4n) is 2.12. The molecule has 0 saturated carbocycles. The first-order valence-corrected chi connectivity index (χ1v) is 5.86. The van der Waals surface area contributed by atoms with Crippen molar-refractivity contribution in [2.75, 3.05) is 13.2 Å². The first kappa shape index (κ1) is 13.1. The van der Waals surface area contributed by atoms with Crippen LogP contribution in [0, 0.1) is 0 Å². The van der Waals surface area contributed by atoms with Crippen LogP contribution in [0.25, 0.3) is 0 Å². The molecule has 1 aromatic heterocycles. The van der Waals surface area contributed by atoms with Gasteiger partial charge in [-0.3, -0.25) is 4.90 Å². The van der Waals surface area contributed by atoms with Crippen LogP contribution in [0.1, 0.15) is 35.1 Å². The fraction of sp³-hybridized carbons (Fsp3) is 0.417. The Morgan fingerprint density at radius 2 is 2.47 bits per heavy atom. The maximum absolute atomic E-state index is 11.8. The molecule has 0 aliphatic carbocycles. The quantitative estimate of drug-likeness (QED) is 0.836. The number of amides is 1. The number of carbonyl (C=O) groups excluding carboxylic acids is 1. The summed E-state index contributed by atoms with van der Waals surface area (Å²) in [7, 11) is 0. The highest BCUT2D eigenvalue weighted by Crippen LogP contribution is 2.34. The molecule has 19 heavy (non-hydrogen) atoms. The number of hydrogen-bond acceptors (Lipinski definition) is 5. The Hall–Kier alpha value is -2.31. The van der Waals surface area contributed by atoms with Gasteiger partial charge in [0, 0.05) is 6.54 Å². The molecule has 1 unspecified atom stereocenters. The lowest BCUT2D eigenvalue weighted by molar-refractivity contribution is 0.0681. The molecule has 7 heteroatoms. The number of ether oxygens (including phenoxy) is 1. The van der Waals surface area contributed by atoms with Crippen molar-refractivity contribution in [1.82, 2.24) is 9.88 Å². The SMILES string of the molecule is C=CCOC(=O)N1CCCC1c1ocnc1C(=O)O. The largest absolute Gasteiger partial charge is 0.476 e. The van der Waals surface area contributed by atoms with Crippen molar-refractivity contribution in [3.63, 3.8) is 0 Å². The van der Waals surface area contributed by atoms with Crippen LogP contribution in [0.4, 0.5) is 4.79 Å². The maximum atomic E-state index is 11.8. The van der Waals surface area contributed by atoms with Crippen molar-refractivity contribution in [1.29, 1.82) is 0 Å². The number of carboxylic acids is 1. The molecule has 0 aromatic carbocycles. The van der Waals surface area contributed by atoms with Gasteiger partial charge in [0.2, 0.25) is 0 Å². The van der Waals surface area contributed by atoms with Crippen molar-refractivity contribution >= 4 is 12.1 Å². The monoisotopic (exact) mass is 266 g/mol. The normalized spacial score (nSPS) is 18.3. The number of aromatic nitrogens is 1. The van der Waals surface area contributed by atoms with Gasteiger partial charge in [-0.05, 0) is 12.8 Å². The van der Waals surface area contributed by atoms with Crippen molar-refractivity contribution < 1.29 is 23.8 Å². The summed E-state index contributed by atoms with van der Waals surface area (Å²) < 4.78 is 10.1. The molecular weight excluding hydrogens is 252 g/mol. The summed E-state index contributed by atoms with van der Waals surface area (Å²) in [5, 5.41) is 9.01. The smallest absolute Gasteiger partial charge is 0.410 e. The Morgan fingerprint density at radius 3 is 3.16 bits per heavy atom. The van der Waals surface area contributed by atoms with Crippen molar-refractivity contribution in [2.24, 2.45) is 0 Å². The molecule has 0 bridgehead atoms. The predicted octanol–water partition coefficient (Wildman–Crippen LogP) is 1.83. The molecule has 0 radical (unpaired) electrons. The third-order valence-electron chi connectivity index (χ3n) is 2.91. The third kappa shape index (κ3) is 2.59. The minimum absolute atomic E-state index is 0.115. The van der Waals surface area contributed by atoms with Crippen LogP contribution in [0.2, 0.25) is 0 Å². The Balaban J connectivity index is 2.18. The van der Waals surface area contributed by atoms with E-state index in [1.54, 1.807) is 0 Å². The van der Waals surface area contributed by atoms with Crippen molar-refractivity contribution in [3.8, 4) is 0 Å². The van der Waals surface area contributed by atoms with Gasteiger partial charge >= 0.3 is 12.1 Å². The second-order valence-corrected chi connectivity index (χ2v) is 4.09. The zero-order valence-electron chi connectivity index (χ0n) is 10.2. The van der Waals surface area contributed by atoms with Crippen LogP contribution in [-0.4, -0.2) is 40.2 Å². The second-order valence-electron chi connectivity index (χ2n) is 4.09. The highest BCUT2D eigenvalue weighted by molar-refractivity contribution is 5.86. The zero-order chi connectivity index (χ0) is 13.8. The molecule has 1 fully saturated rings. The summed E-state index contributed by atoms with van der Waals surface area (Å²) in [6.07, 6.45) is 3.42. The van der Waals surface area contributed by atoms with Gasteiger partial charge < -0.3 is 14.3 Å². The van der Waals surface area contributed by atoms with Gasteiger partial charge in [0.15, 0.2) is 17.8 Å². The molecular formula is C12H14N2O5. The molecule has 1 aliphatic heterocycles. The van der Waals surface area contributed by atoms with E-state index in [1.807, 2.05) is 0 Å². The van der Waals surface area contributed by atoms with Crippen LogP contribution in [0.3, 0.4) is 0 Å². The molecule has 1 N–H and O–H groups in total. The van der Waals surface area contributed by atoms with E-state index in [9.17, 15) is 9.59 Å². The molecule has 1 aliphatic rings. The van der Waals surface area contributed by atoms with E-state index < -0.39 is 18.1 Å². The van der Waals surface area contributed by atoms with Gasteiger partial charge in [0.25, 0.3) is 0 Å². The summed E-state index contributed by atoms with van der Waals surface area (Å²) in [5.41, 5.74) is -0.159. The van der Waals surface area contributed by atoms with E-state index in [0.29, 0.717) is 13.0 Å².